The van der Waals surface area contributed by atoms with Gasteiger partial charge in [-0.1, -0.05) is 19.9 Å². The molecule has 1 rings (SSSR count). The first-order chi connectivity index (χ1) is 5.63. The first-order valence-electron chi connectivity index (χ1n) is 4.09. The highest BCUT2D eigenvalue weighted by atomic mass is 14.8. The minimum absolute atomic E-state index is 0.0151. The van der Waals surface area contributed by atoms with Gasteiger partial charge in [-0.15, -0.1) is 0 Å². The van der Waals surface area contributed by atoms with E-state index in [-0.39, 0.29) is 6.04 Å². The summed E-state index contributed by atoms with van der Waals surface area (Å²) >= 11 is 0. The molecule has 0 bridgehead atoms. The Balaban J connectivity index is 2.94. The van der Waals surface area contributed by atoms with Crippen LogP contribution in [0.25, 0.3) is 0 Å². The maximum absolute atomic E-state index is 5.92. The maximum atomic E-state index is 5.92. The van der Waals surface area contributed by atoms with E-state index in [9.17, 15) is 0 Å². The van der Waals surface area contributed by atoms with Crippen molar-refractivity contribution in [1.29, 1.82) is 0 Å². The van der Waals surface area contributed by atoms with Crippen LogP contribution in [-0.2, 0) is 0 Å². The molecule has 1 aromatic rings. The lowest BCUT2D eigenvalue weighted by molar-refractivity contribution is 0.514. The van der Waals surface area contributed by atoms with E-state index >= 15 is 0 Å². The van der Waals surface area contributed by atoms with Crippen molar-refractivity contribution in [2.45, 2.75) is 19.9 Å². The predicted molar refractivity (Wildman–Crippen MR) is 50.4 cm³/mol. The van der Waals surface area contributed by atoms with E-state index < -0.39 is 0 Å². The van der Waals surface area contributed by atoms with Crippen LogP contribution in [0, 0.1) is 5.92 Å². The molecule has 0 saturated heterocycles. The van der Waals surface area contributed by atoms with Gasteiger partial charge in [-0.25, -0.2) is 4.98 Å². The van der Waals surface area contributed by atoms with Crippen molar-refractivity contribution < 1.29 is 0 Å². The molecule has 0 aliphatic rings. The Morgan fingerprint density at radius 3 is 2.58 bits per heavy atom. The summed E-state index contributed by atoms with van der Waals surface area (Å²) in [6.45, 7) is 4.13. The van der Waals surface area contributed by atoms with E-state index in [1.54, 1.807) is 6.20 Å². The molecule has 0 amide bonds. The topological polar surface area (TPSA) is 64.9 Å². The molecule has 12 heavy (non-hydrogen) atoms. The summed E-state index contributed by atoms with van der Waals surface area (Å²) in [6, 6.07) is 3.76. The molecule has 3 heteroatoms. The largest absolute Gasteiger partial charge is 0.383 e. The van der Waals surface area contributed by atoms with Crippen LogP contribution in [0.4, 0.5) is 5.82 Å². The van der Waals surface area contributed by atoms with Crippen molar-refractivity contribution >= 4 is 5.82 Å². The van der Waals surface area contributed by atoms with Gasteiger partial charge < -0.3 is 11.5 Å². The molecule has 0 aliphatic carbocycles. The molecule has 3 nitrogen and oxygen atoms in total. The highest BCUT2D eigenvalue weighted by molar-refractivity contribution is 5.40. The number of nitrogen functional groups attached to an aromatic ring is 1. The average Bonchev–Trinajstić information content (AvgIpc) is 2.04. The lowest BCUT2D eigenvalue weighted by Gasteiger charge is -2.16. The summed E-state index contributed by atoms with van der Waals surface area (Å²) in [7, 11) is 0. The van der Waals surface area contributed by atoms with Gasteiger partial charge in [0.1, 0.15) is 5.82 Å². The van der Waals surface area contributed by atoms with E-state index in [4.69, 9.17) is 11.5 Å². The molecule has 0 spiro atoms. The van der Waals surface area contributed by atoms with Crippen molar-refractivity contribution in [2.24, 2.45) is 11.7 Å². The van der Waals surface area contributed by atoms with Crippen molar-refractivity contribution in [3.8, 4) is 0 Å². The molecule has 0 radical (unpaired) electrons. The van der Waals surface area contributed by atoms with E-state index in [0.29, 0.717) is 11.7 Å². The Labute approximate surface area is 72.8 Å². The summed E-state index contributed by atoms with van der Waals surface area (Å²) < 4.78 is 0. The third-order valence-corrected chi connectivity index (χ3v) is 1.95. The van der Waals surface area contributed by atoms with Crippen LogP contribution in [0.1, 0.15) is 25.5 Å². The number of rotatable bonds is 2. The summed E-state index contributed by atoms with van der Waals surface area (Å²) in [5.41, 5.74) is 12.5. The molecule has 0 unspecified atom stereocenters. The zero-order chi connectivity index (χ0) is 9.14. The molecule has 1 aromatic heterocycles. The Kier molecular flexibility index (Phi) is 2.65. The predicted octanol–water partition coefficient (Wildman–Crippen LogP) is 1.32. The Hall–Kier alpha value is -1.09. The first-order valence-corrected chi connectivity index (χ1v) is 4.09. The van der Waals surface area contributed by atoms with Crippen molar-refractivity contribution in [2.75, 3.05) is 5.73 Å². The second-order valence-corrected chi connectivity index (χ2v) is 3.25. The summed E-state index contributed by atoms with van der Waals surface area (Å²) in [4.78, 5) is 3.98. The van der Waals surface area contributed by atoms with Gasteiger partial charge in [0.15, 0.2) is 0 Å². The Morgan fingerprint density at radius 1 is 1.42 bits per heavy atom. The number of nitrogens with two attached hydrogens (primary N) is 2. The van der Waals surface area contributed by atoms with Crippen LogP contribution in [0.2, 0.25) is 0 Å². The molecule has 1 heterocycles. The van der Waals surface area contributed by atoms with Gasteiger partial charge in [0.2, 0.25) is 0 Å². The maximum Gasteiger partial charge on any atom is 0.128 e. The number of pyridine rings is 1. The number of aromatic nitrogens is 1. The van der Waals surface area contributed by atoms with E-state index in [1.807, 2.05) is 12.1 Å². The number of anilines is 1. The number of nitrogens with zero attached hydrogens (tertiary/aromatic N) is 1. The minimum atomic E-state index is -0.0151. The van der Waals surface area contributed by atoms with Crippen molar-refractivity contribution in [3.63, 3.8) is 0 Å². The van der Waals surface area contributed by atoms with Crippen LogP contribution >= 0.6 is 0 Å². The lowest BCUT2D eigenvalue weighted by atomic mass is 9.98. The van der Waals surface area contributed by atoms with Gasteiger partial charge in [-0.05, 0) is 12.0 Å². The second-order valence-electron chi connectivity index (χ2n) is 3.25. The smallest absolute Gasteiger partial charge is 0.128 e. The molecular weight excluding hydrogens is 150 g/mol. The third kappa shape index (κ3) is 1.74. The van der Waals surface area contributed by atoms with E-state index in [2.05, 4.69) is 18.8 Å². The third-order valence-electron chi connectivity index (χ3n) is 1.95. The van der Waals surface area contributed by atoms with Crippen molar-refractivity contribution in [3.05, 3.63) is 23.9 Å². The Bertz CT molecular complexity index is 258. The number of hydrogen-bond donors (Lipinski definition) is 2. The standard InChI is InChI=1S/C9H15N3/c1-6(2)8(10)7-4-3-5-12-9(7)11/h3-6,8H,10H2,1-2H3,(H2,11,12)/t8-/m1/s1. The molecule has 0 saturated carbocycles. The fraction of sp³-hybridized carbons (Fsp3) is 0.444. The minimum Gasteiger partial charge on any atom is -0.383 e. The summed E-state index contributed by atoms with van der Waals surface area (Å²) in [5, 5.41) is 0. The molecule has 0 fully saturated rings. The highest BCUT2D eigenvalue weighted by Crippen LogP contribution is 2.21. The quantitative estimate of drug-likeness (QED) is 0.694. The van der Waals surface area contributed by atoms with Gasteiger partial charge >= 0.3 is 0 Å². The first kappa shape index (κ1) is 9.00. The fourth-order valence-corrected chi connectivity index (χ4v) is 1.07. The normalized spacial score (nSPS) is 13.3. The van der Waals surface area contributed by atoms with E-state index in [1.165, 1.54) is 0 Å². The molecule has 66 valence electrons. The fourth-order valence-electron chi connectivity index (χ4n) is 1.07. The molecule has 0 aromatic carbocycles. The van der Waals surface area contributed by atoms with Gasteiger partial charge in [-0.2, -0.15) is 0 Å². The summed E-state index contributed by atoms with van der Waals surface area (Å²) in [5.74, 6) is 0.926. The molecule has 0 aliphatic heterocycles. The van der Waals surface area contributed by atoms with Crippen LogP contribution in [0.5, 0.6) is 0 Å². The average molecular weight is 165 g/mol. The lowest BCUT2D eigenvalue weighted by Crippen LogP contribution is -2.18. The van der Waals surface area contributed by atoms with Gasteiger partial charge in [0, 0.05) is 17.8 Å². The molecular formula is C9H15N3. The molecule has 4 N–H and O–H groups in total. The zero-order valence-electron chi connectivity index (χ0n) is 7.49. The summed E-state index contributed by atoms with van der Waals surface area (Å²) in [6.07, 6.45) is 1.67. The zero-order valence-corrected chi connectivity index (χ0v) is 7.49. The monoisotopic (exact) mass is 165 g/mol. The second kappa shape index (κ2) is 3.54. The Morgan fingerprint density at radius 2 is 2.08 bits per heavy atom. The van der Waals surface area contributed by atoms with Gasteiger partial charge in [-0.3, -0.25) is 0 Å². The SMILES string of the molecule is CC(C)[C@@H](N)c1cccnc1N. The van der Waals surface area contributed by atoms with Crippen LogP contribution in [0.3, 0.4) is 0 Å². The van der Waals surface area contributed by atoms with Gasteiger partial charge in [0.05, 0.1) is 0 Å². The van der Waals surface area contributed by atoms with E-state index in [0.717, 1.165) is 5.56 Å². The van der Waals surface area contributed by atoms with Crippen LogP contribution in [-0.4, -0.2) is 4.98 Å². The van der Waals surface area contributed by atoms with Crippen LogP contribution < -0.4 is 11.5 Å². The highest BCUT2D eigenvalue weighted by Gasteiger charge is 2.12. The molecule has 1 atom stereocenters. The number of hydrogen-bond acceptors (Lipinski definition) is 3. The van der Waals surface area contributed by atoms with Gasteiger partial charge in [0.25, 0.3) is 0 Å². The van der Waals surface area contributed by atoms with Crippen LogP contribution in [0.15, 0.2) is 18.3 Å². The van der Waals surface area contributed by atoms with Crippen molar-refractivity contribution in [1.82, 2.24) is 4.98 Å².